The van der Waals surface area contributed by atoms with E-state index in [1.807, 2.05) is 14.0 Å². The van der Waals surface area contributed by atoms with E-state index in [9.17, 15) is 4.79 Å². The summed E-state index contributed by atoms with van der Waals surface area (Å²) in [6, 6.07) is 0. The maximum Gasteiger partial charge on any atom is 0.225 e. The summed E-state index contributed by atoms with van der Waals surface area (Å²) >= 11 is 0. The van der Waals surface area contributed by atoms with Crippen molar-refractivity contribution in [3.63, 3.8) is 0 Å². The number of nitrogens with one attached hydrogen (secondary N) is 1. The molecule has 0 aromatic heterocycles. The highest BCUT2D eigenvalue weighted by Crippen LogP contribution is 2.09. The summed E-state index contributed by atoms with van der Waals surface area (Å²) in [4.78, 5) is 13.8. The van der Waals surface area contributed by atoms with Crippen LogP contribution in [-0.2, 0) is 9.53 Å². The van der Waals surface area contributed by atoms with Crippen molar-refractivity contribution in [1.29, 1.82) is 0 Å². The first-order valence-corrected chi connectivity index (χ1v) is 6.22. The molecule has 0 saturated carbocycles. The lowest BCUT2D eigenvalue weighted by Crippen LogP contribution is -2.46. The molecule has 0 radical (unpaired) electrons. The standard InChI is InChI=1S/C12H24N2O2/c1-4-5-10(2)12(15)14(3)9-11-8-13-6-7-16-11/h10-11,13H,4-9H2,1-3H3. The van der Waals surface area contributed by atoms with Crippen molar-refractivity contribution in [2.75, 3.05) is 33.3 Å². The smallest absolute Gasteiger partial charge is 0.225 e. The predicted molar refractivity (Wildman–Crippen MR) is 64.3 cm³/mol. The zero-order valence-electron chi connectivity index (χ0n) is 10.7. The Hall–Kier alpha value is -0.610. The molecule has 1 N–H and O–H groups in total. The SMILES string of the molecule is CCCC(C)C(=O)N(C)CC1CNCCO1. The van der Waals surface area contributed by atoms with Crippen LogP contribution in [-0.4, -0.2) is 50.2 Å². The van der Waals surface area contributed by atoms with Gasteiger partial charge < -0.3 is 15.0 Å². The van der Waals surface area contributed by atoms with Crippen molar-refractivity contribution in [2.45, 2.75) is 32.8 Å². The van der Waals surface area contributed by atoms with Crippen LogP contribution in [0.25, 0.3) is 0 Å². The van der Waals surface area contributed by atoms with E-state index in [1.165, 1.54) is 0 Å². The van der Waals surface area contributed by atoms with Gasteiger partial charge in [-0.1, -0.05) is 20.3 Å². The highest BCUT2D eigenvalue weighted by molar-refractivity contribution is 5.78. The zero-order chi connectivity index (χ0) is 12.0. The van der Waals surface area contributed by atoms with Crippen molar-refractivity contribution in [2.24, 2.45) is 5.92 Å². The molecule has 0 aromatic rings. The molecule has 1 heterocycles. The number of amides is 1. The molecule has 0 spiro atoms. The summed E-state index contributed by atoms with van der Waals surface area (Å²) in [6.07, 6.45) is 2.17. The second-order valence-electron chi connectivity index (χ2n) is 4.61. The van der Waals surface area contributed by atoms with E-state index >= 15 is 0 Å². The molecule has 1 aliphatic heterocycles. The van der Waals surface area contributed by atoms with Gasteiger partial charge in [-0.25, -0.2) is 0 Å². The van der Waals surface area contributed by atoms with E-state index in [0.717, 1.165) is 32.5 Å². The summed E-state index contributed by atoms with van der Waals surface area (Å²) in [5, 5.41) is 3.27. The highest BCUT2D eigenvalue weighted by atomic mass is 16.5. The molecular weight excluding hydrogens is 204 g/mol. The van der Waals surface area contributed by atoms with Crippen LogP contribution >= 0.6 is 0 Å². The van der Waals surface area contributed by atoms with Crippen molar-refractivity contribution >= 4 is 5.91 Å². The van der Waals surface area contributed by atoms with E-state index < -0.39 is 0 Å². The van der Waals surface area contributed by atoms with Crippen LogP contribution in [0.1, 0.15) is 26.7 Å². The van der Waals surface area contributed by atoms with Gasteiger partial charge in [-0.2, -0.15) is 0 Å². The largest absolute Gasteiger partial charge is 0.374 e. The van der Waals surface area contributed by atoms with Crippen LogP contribution < -0.4 is 5.32 Å². The molecule has 4 nitrogen and oxygen atoms in total. The summed E-state index contributed by atoms with van der Waals surface area (Å²) in [7, 11) is 1.87. The Morgan fingerprint density at radius 3 is 2.94 bits per heavy atom. The fourth-order valence-electron chi connectivity index (χ4n) is 2.07. The van der Waals surface area contributed by atoms with Gasteiger partial charge >= 0.3 is 0 Å². The quantitative estimate of drug-likeness (QED) is 0.759. The molecule has 0 aromatic carbocycles. The zero-order valence-corrected chi connectivity index (χ0v) is 10.7. The molecule has 0 bridgehead atoms. The van der Waals surface area contributed by atoms with Crippen LogP contribution in [0.3, 0.4) is 0 Å². The third kappa shape index (κ3) is 4.10. The minimum Gasteiger partial charge on any atom is -0.374 e. The molecule has 2 atom stereocenters. The fraction of sp³-hybridized carbons (Fsp3) is 0.917. The lowest BCUT2D eigenvalue weighted by Gasteiger charge is -2.29. The Balaban J connectivity index is 2.32. The third-order valence-corrected chi connectivity index (χ3v) is 3.00. The van der Waals surface area contributed by atoms with Crippen LogP contribution in [0.15, 0.2) is 0 Å². The predicted octanol–water partition coefficient (Wildman–Crippen LogP) is 0.869. The van der Waals surface area contributed by atoms with Gasteiger partial charge in [0.15, 0.2) is 0 Å². The molecule has 1 amide bonds. The van der Waals surface area contributed by atoms with E-state index in [2.05, 4.69) is 12.2 Å². The number of carbonyl (C=O) groups is 1. The van der Waals surface area contributed by atoms with E-state index in [4.69, 9.17) is 4.74 Å². The van der Waals surface area contributed by atoms with Crippen LogP contribution in [0, 0.1) is 5.92 Å². The average molecular weight is 228 g/mol. The van der Waals surface area contributed by atoms with Gasteiger partial charge in [0.05, 0.1) is 12.7 Å². The van der Waals surface area contributed by atoms with Gasteiger partial charge in [0.2, 0.25) is 5.91 Å². The first-order valence-electron chi connectivity index (χ1n) is 6.22. The molecule has 16 heavy (non-hydrogen) atoms. The average Bonchev–Trinajstić information content (AvgIpc) is 2.29. The molecule has 2 unspecified atom stereocenters. The lowest BCUT2D eigenvalue weighted by molar-refractivity contribution is -0.136. The second kappa shape index (κ2) is 6.86. The van der Waals surface area contributed by atoms with Crippen LogP contribution in [0.5, 0.6) is 0 Å². The Labute approximate surface area is 98.3 Å². The third-order valence-electron chi connectivity index (χ3n) is 3.00. The number of carbonyl (C=O) groups excluding carboxylic acids is 1. The maximum atomic E-state index is 12.0. The van der Waals surface area contributed by atoms with Gasteiger partial charge in [-0.15, -0.1) is 0 Å². The molecular formula is C12H24N2O2. The minimum absolute atomic E-state index is 0.131. The van der Waals surface area contributed by atoms with Crippen molar-refractivity contribution < 1.29 is 9.53 Å². The highest BCUT2D eigenvalue weighted by Gasteiger charge is 2.21. The van der Waals surface area contributed by atoms with Gasteiger partial charge in [0.25, 0.3) is 0 Å². The number of nitrogens with zero attached hydrogens (tertiary/aromatic N) is 1. The first kappa shape index (κ1) is 13.5. The Morgan fingerprint density at radius 1 is 1.62 bits per heavy atom. The van der Waals surface area contributed by atoms with Gasteiger partial charge in [-0.3, -0.25) is 4.79 Å². The molecule has 1 saturated heterocycles. The second-order valence-corrected chi connectivity index (χ2v) is 4.61. The number of ether oxygens (including phenoxy) is 1. The van der Waals surface area contributed by atoms with E-state index in [-0.39, 0.29) is 17.9 Å². The number of hydrogen-bond donors (Lipinski definition) is 1. The number of hydrogen-bond acceptors (Lipinski definition) is 3. The molecule has 1 fully saturated rings. The van der Waals surface area contributed by atoms with Crippen molar-refractivity contribution in [3.05, 3.63) is 0 Å². The van der Waals surface area contributed by atoms with Crippen molar-refractivity contribution in [3.8, 4) is 0 Å². The number of likely N-dealkylation sites (N-methyl/N-ethyl adjacent to an activating group) is 1. The molecule has 0 aliphatic carbocycles. The van der Waals surface area contributed by atoms with Crippen LogP contribution in [0.4, 0.5) is 0 Å². The summed E-state index contributed by atoms with van der Waals surface area (Å²) in [5.41, 5.74) is 0. The summed E-state index contributed by atoms with van der Waals surface area (Å²) in [5.74, 6) is 0.363. The van der Waals surface area contributed by atoms with Gasteiger partial charge in [0, 0.05) is 32.6 Å². The summed E-state index contributed by atoms with van der Waals surface area (Å²) in [6.45, 7) is 7.32. The minimum atomic E-state index is 0.131. The van der Waals surface area contributed by atoms with E-state index in [0.29, 0.717) is 6.54 Å². The molecule has 94 valence electrons. The molecule has 1 rings (SSSR count). The topological polar surface area (TPSA) is 41.6 Å². The molecule has 4 heteroatoms. The first-order chi connectivity index (χ1) is 7.65. The molecule has 1 aliphatic rings. The maximum absolute atomic E-state index is 12.0. The van der Waals surface area contributed by atoms with E-state index in [1.54, 1.807) is 4.90 Å². The Morgan fingerprint density at radius 2 is 2.38 bits per heavy atom. The monoisotopic (exact) mass is 228 g/mol. The fourth-order valence-corrected chi connectivity index (χ4v) is 2.07. The Kier molecular flexibility index (Phi) is 5.77. The van der Waals surface area contributed by atoms with Crippen LogP contribution in [0.2, 0.25) is 0 Å². The number of morpholine rings is 1. The number of rotatable bonds is 5. The Bertz CT molecular complexity index is 215. The summed E-state index contributed by atoms with van der Waals surface area (Å²) < 4.78 is 5.58. The lowest BCUT2D eigenvalue weighted by atomic mass is 10.0. The van der Waals surface area contributed by atoms with Gasteiger partial charge in [0.1, 0.15) is 0 Å². The normalized spacial score (nSPS) is 22.8. The van der Waals surface area contributed by atoms with Gasteiger partial charge in [-0.05, 0) is 6.42 Å². The van der Waals surface area contributed by atoms with Crippen molar-refractivity contribution in [1.82, 2.24) is 10.2 Å².